The lowest BCUT2D eigenvalue weighted by Crippen LogP contribution is -2.21. The zero-order valence-corrected chi connectivity index (χ0v) is 10.9. The summed E-state index contributed by atoms with van der Waals surface area (Å²) in [5, 5.41) is 0. The first kappa shape index (κ1) is 14.7. The topological polar surface area (TPSA) is 46.2 Å². The standard InChI is InChI=1S/C3H10O3Si.C2H8O2Si/c1-4-7(5-2)6-3;1-3-5-4-2/h7H,1-3H3;5H2,1-2H3. The van der Waals surface area contributed by atoms with Gasteiger partial charge in [-0.15, -0.1) is 0 Å². The molecule has 0 aliphatic heterocycles. The molecule has 0 heterocycles. The molecule has 0 atom stereocenters. The summed E-state index contributed by atoms with van der Waals surface area (Å²) in [5.41, 5.74) is 0. The van der Waals surface area contributed by atoms with Gasteiger partial charge in [0.2, 0.25) is 0 Å². The minimum absolute atomic E-state index is 0.568. The van der Waals surface area contributed by atoms with E-state index in [1.807, 2.05) is 0 Å². The third-order valence-corrected chi connectivity index (χ3v) is 2.44. The van der Waals surface area contributed by atoms with Gasteiger partial charge in [-0.3, -0.25) is 0 Å². The van der Waals surface area contributed by atoms with Crippen LogP contribution in [-0.2, 0) is 22.1 Å². The Labute approximate surface area is 77.9 Å². The van der Waals surface area contributed by atoms with Gasteiger partial charge in [-0.05, 0) is 0 Å². The largest absolute Gasteiger partial charge is 0.483 e. The van der Waals surface area contributed by atoms with Crippen molar-refractivity contribution >= 4 is 19.5 Å². The SMILES string of the molecule is CO[SiH2]OC.CO[SiH](OC)OC. The van der Waals surface area contributed by atoms with Gasteiger partial charge in [0.05, 0.1) is 0 Å². The van der Waals surface area contributed by atoms with E-state index in [0.29, 0.717) is 0 Å². The fourth-order valence-corrected chi connectivity index (χ4v) is 1.22. The summed E-state index contributed by atoms with van der Waals surface area (Å²) in [5.74, 6) is 0. The minimum Gasteiger partial charge on any atom is -0.402 e. The molecule has 0 aromatic heterocycles. The Kier molecular flexibility index (Phi) is 17.0. The van der Waals surface area contributed by atoms with Crippen molar-refractivity contribution in [2.75, 3.05) is 35.5 Å². The van der Waals surface area contributed by atoms with Crippen molar-refractivity contribution in [3.63, 3.8) is 0 Å². The highest BCUT2D eigenvalue weighted by Crippen LogP contribution is 1.81. The third-order valence-electron chi connectivity index (χ3n) is 0.813. The maximum absolute atomic E-state index is 4.74. The quantitative estimate of drug-likeness (QED) is 0.545. The highest BCUT2D eigenvalue weighted by atomic mass is 28.3. The molecule has 76 valence electrons. The highest BCUT2D eigenvalue weighted by Gasteiger charge is 2.04. The van der Waals surface area contributed by atoms with Gasteiger partial charge in [-0.2, -0.15) is 0 Å². The Morgan fingerprint density at radius 2 is 1.08 bits per heavy atom. The Bertz CT molecular complexity index is 63.3. The van der Waals surface area contributed by atoms with E-state index in [4.69, 9.17) is 13.3 Å². The maximum Gasteiger partial charge on any atom is 0.483 e. The van der Waals surface area contributed by atoms with Crippen molar-refractivity contribution < 1.29 is 22.1 Å². The van der Waals surface area contributed by atoms with Crippen LogP contribution in [0.5, 0.6) is 0 Å². The average Bonchev–Trinajstić information content (AvgIpc) is 2.10. The average molecular weight is 214 g/mol. The lowest BCUT2D eigenvalue weighted by atomic mass is 11.8. The predicted octanol–water partition coefficient (Wildman–Crippen LogP) is -1.08. The Morgan fingerprint density at radius 1 is 0.750 bits per heavy atom. The normalized spacial score (nSPS) is 9.50. The molecule has 0 aliphatic rings. The summed E-state index contributed by atoms with van der Waals surface area (Å²) in [6.45, 7) is 0. The van der Waals surface area contributed by atoms with Crippen LogP contribution in [0.3, 0.4) is 0 Å². The second-order valence-electron chi connectivity index (χ2n) is 1.69. The van der Waals surface area contributed by atoms with Crippen molar-refractivity contribution in [3.05, 3.63) is 0 Å². The molecule has 0 aromatic carbocycles. The van der Waals surface area contributed by atoms with E-state index in [1.54, 1.807) is 35.5 Å². The highest BCUT2D eigenvalue weighted by molar-refractivity contribution is 6.36. The molecular formula is C5H18O5Si2. The van der Waals surface area contributed by atoms with Gasteiger partial charge in [0.1, 0.15) is 0 Å². The zero-order chi connectivity index (χ0) is 9.82. The number of hydrogen-bond donors (Lipinski definition) is 0. The minimum atomic E-state index is -1.67. The molecule has 0 saturated carbocycles. The molecule has 0 spiro atoms. The van der Waals surface area contributed by atoms with E-state index in [2.05, 4.69) is 8.85 Å². The summed E-state index contributed by atoms with van der Waals surface area (Å²) in [6, 6.07) is 0. The van der Waals surface area contributed by atoms with Crippen LogP contribution in [0.1, 0.15) is 0 Å². The van der Waals surface area contributed by atoms with E-state index in [0.717, 1.165) is 0 Å². The summed E-state index contributed by atoms with van der Waals surface area (Å²) in [6.07, 6.45) is 0. The van der Waals surface area contributed by atoms with E-state index < -0.39 is 19.5 Å². The first-order valence-electron chi connectivity index (χ1n) is 3.33. The number of hydrogen-bond acceptors (Lipinski definition) is 5. The van der Waals surface area contributed by atoms with Gasteiger partial charge in [0.15, 0.2) is 0 Å². The van der Waals surface area contributed by atoms with Crippen molar-refractivity contribution in [1.29, 1.82) is 0 Å². The van der Waals surface area contributed by atoms with Crippen LogP contribution < -0.4 is 0 Å². The molecule has 0 aromatic rings. The first-order chi connectivity index (χ1) is 5.76. The van der Waals surface area contributed by atoms with Crippen LogP contribution in [0.15, 0.2) is 0 Å². The molecule has 0 saturated heterocycles. The molecule has 12 heavy (non-hydrogen) atoms. The number of rotatable bonds is 5. The second-order valence-corrected chi connectivity index (χ2v) is 5.07. The van der Waals surface area contributed by atoms with Crippen molar-refractivity contribution in [1.82, 2.24) is 0 Å². The lowest BCUT2D eigenvalue weighted by molar-refractivity contribution is 0.163. The van der Waals surface area contributed by atoms with Gasteiger partial charge in [-0.1, -0.05) is 0 Å². The van der Waals surface area contributed by atoms with Crippen LogP contribution in [0, 0.1) is 0 Å². The predicted molar refractivity (Wildman–Crippen MR) is 50.7 cm³/mol. The van der Waals surface area contributed by atoms with Crippen molar-refractivity contribution in [2.24, 2.45) is 0 Å². The fourth-order valence-electron chi connectivity index (χ4n) is 0.407. The summed E-state index contributed by atoms with van der Waals surface area (Å²) in [7, 11) is 5.78. The van der Waals surface area contributed by atoms with Crippen molar-refractivity contribution in [2.45, 2.75) is 0 Å². The molecule has 0 fully saturated rings. The van der Waals surface area contributed by atoms with Gasteiger partial charge >= 0.3 is 19.5 Å². The van der Waals surface area contributed by atoms with Gasteiger partial charge in [0.25, 0.3) is 0 Å². The summed E-state index contributed by atoms with van der Waals surface area (Å²) >= 11 is 0. The van der Waals surface area contributed by atoms with Gasteiger partial charge in [-0.25, -0.2) is 0 Å². The second kappa shape index (κ2) is 13.8. The molecule has 0 bridgehead atoms. The molecule has 0 aliphatic carbocycles. The van der Waals surface area contributed by atoms with E-state index in [9.17, 15) is 0 Å². The summed E-state index contributed by atoms with van der Waals surface area (Å²) in [4.78, 5) is 0. The Hall–Kier alpha value is 0.234. The van der Waals surface area contributed by atoms with E-state index in [1.165, 1.54) is 0 Å². The van der Waals surface area contributed by atoms with Gasteiger partial charge in [0, 0.05) is 35.5 Å². The molecular weight excluding hydrogens is 196 g/mol. The van der Waals surface area contributed by atoms with Crippen LogP contribution in [0.4, 0.5) is 0 Å². The molecule has 0 N–H and O–H groups in total. The summed E-state index contributed by atoms with van der Waals surface area (Å²) < 4.78 is 23.4. The monoisotopic (exact) mass is 214 g/mol. The zero-order valence-electron chi connectivity index (χ0n) is 8.33. The van der Waals surface area contributed by atoms with Crippen LogP contribution >= 0.6 is 0 Å². The smallest absolute Gasteiger partial charge is 0.402 e. The molecule has 0 rings (SSSR count). The molecule has 0 radical (unpaired) electrons. The fraction of sp³-hybridized carbons (Fsp3) is 1.00. The third kappa shape index (κ3) is 12.9. The van der Waals surface area contributed by atoms with Gasteiger partial charge < -0.3 is 22.1 Å². The molecule has 0 unspecified atom stereocenters. The molecule has 5 nitrogen and oxygen atoms in total. The van der Waals surface area contributed by atoms with E-state index >= 15 is 0 Å². The van der Waals surface area contributed by atoms with Crippen LogP contribution in [-0.4, -0.2) is 55.1 Å². The Balaban J connectivity index is 0. The Morgan fingerprint density at radius 3 is 1.08 bits per heavy atom. The maximum atomic E-state index is 4.74. The van der Waals surface area contributed by atoms with Crippen molar-refractivity contribution in [3.8, 4) is 0 Å². The first-order valence-corrected chi connectivity index (χ1v) is 5.89. The molecule has 7 heteroatoms. The molecule has 0 amide bonds. The lowest BCUT2D eigenvalue weighted by Gasteiger charge is -2.05. The van der Waals surface area contributed by atoms with Crippen LogP contribution in [0.25, 0.3) is 0 Å². The van der Waals surface area contributed by atoms with E-state index in [-0.39, 0.29) is 0 Å². The van der Waals surface area contributed by atoms with Crippen LogP contribution in [0.2, 0.25) is 0 Å².